The van der Waals surface area contributed by atoms with Crippen molar-refractivity contribution in [2.75, 3.05) is 19.6 Å². The lowest BCUT2D eigenvalue weighted by Gasteiger charge is -2.40. The molecule has 17 heavy (non-hydrogen) atoms. The molecule has 1 rings (SSSR count). The Morgan fingerprint density at radius 3 is 2.59 bits per heavy atom. The van der Waals surface area contributed by atoms with Crippen LogP contribution in [-0.4, -0.2) is 58.5 Å². The number of aliphatic carboxylic acids is 1. The summed E-state index contributed by atoms with van der Waals surface area (Å²) in [5, 5.41) is 8.79. The number of hydrogen-bond acceptors (Lipinski definition) is 3. The van der Waals surface area contributed by atoms with E-state index in [-0.39, 0.29) is 24.5 Å². The molecule has 0 aliphatic carbocycles. The van der Waals surface area contributed by atoms with Gasteiger partial charge in [0.05, 0.1) is 6.54 Å². The average molecular weight is 242 g/mol. The Labute approximate surface area is 102 Å². The van der Waals surface area contributed by atoms with Gasteiger partial charge in [-0.2, -0.15) is 0 Å². The van der Waals surface area contributed by atoms with Gasteiger partial charge in [0.2, 0.25) is 5.91 Å². The van der Waals surface area contributed by atoms with Gasteiger partial charge in [-0.3, -0.25) is 14.5 Å². The van der Waals surface area contributed by atoms with Crippen molar-refractivity contribution in [2.45, 2.75) is 45.7 Å². The fraction of sp³-hybridized carbons (Fsp3) is 0.833. The summed E-state index contributed by atoms with van der Waals surface area (Å²) in [6.45, 7) is 7.13. The zero-order chi connectivity index (χ0) is 13.0. The number of amides is 1. The molecular weight excluding hydrogens is 220 g/mol. The Bertz CT molecular complexity index is 291. The molecule has 98 valence electrons. The molecule has 0 unspecified atom stereocenters. The van der Waals surface area contributed by atoms with Crippen molar-refractivity contribution in [1.82, 2.24) is 9.80 Å². The number of likely N-dealkylation sites (tertiary alicyclic amines) is 1. The number of carbonyl (C=O) groups is 2. The van der Waals surface area contributed by atoms with Gasteiger partial charge >= 0.3 is 5.97 Å². The largest absolute Gasteiger partial charge is 0.480 e. The first-order valence-electron chi connectivity index (χ1n) is 6.15. The van der Waals surface area contributed by atoms with E-state index in [1.807, 2.05) is 23.6 Å². The van der Waals surface area contributed by atoms with E-state index in [2.05, 4.69) is 0 Å². The first-order valence-corrected chi connectivity index (χ1v) is 6.15. The van der Waals surface area contributed by atoms with Crippen molar-refractivity contribution < 1.29 is 14.7 Å². The molecule has 0 saturated carbocycles. The summed E-state index contributed by atoms with van der Waals surface area (Å²) >= 11 is 0. The Kier molecular flexibility index (Phi) is 4.93. The predicted octanol–water partition coefficient (Wildman–Crippen LogP) is 0.792. The lowest BCUT2D eigenvalue weighted by molar-refractivity contribution is -0.139. The number of carboxylic acids is 1. The molecule has 0 aromatic rings. The third-order valence-corrected chi connectivity index (χ3v) is 3.15. The summed E-state index contributed by atoms with van der Waals surface area (Å²) in [6.07, 6.45) is 1.92. The van der Waals surface area contributed by atoms with Crippen LogP contribution in [0.1, 0.15) is 33.6 Å². The molecule has 5 heteroatoms. The smallest absolute Gasteiger partial charge is 0.317 e. The van der Waals surface area contributed by atoms with Crippen LogP contribution in [0.5, 0.6) is 0 Å². The lowest BCUT2D eigenvalue weighted by Crippen LogP contribution is -2.52. The lowest BCUT2D eigenvalue weighted by atomic mass is 10.0. The van der Waals surface area contributed by atoms with Gasteiger partial charge < -0.3 is 10.0 Å². The molecule has 0 spiro atoms. The van der Waals surface area contributed by atoms with E-state index in [9.17, 15) is 9.59 Å². The van der Waals surface area contributed by atoms with E-state index in [4.69, 9.17) is 5.11 Å². The van der Waals surface area contributed by atoms with Crippen molar-refractivity contribution in [1.29, 1.82) is 0 Å². The minimum atomic E-state index is -0.801. The van der Waals surface area contributed by atoms with Crippen LogP contribution in [0.3, 0.4) is 0 Å². The number of piperidine rings is 1. The van der Waals surface area contributed by atoms with Gasteiger partial charge in [-0.25, -0.2) is 0 Å². The molecule has 0 radical (unpaired) electrons. The van der Waals surface area contributed by atoms with Crippen LogP contribution in [0.4, 0.5) is 0 Å². The zero-order valence-electron chi connectivity index (χ0n) is 10.8. The number of carbonyl (C=O) groups excluding carboxylic acids is 1. The molecule has 1 N–H and O–H groups in total. The molecule has 1 atom stereocenters. The van der Waals surface area contributed by atoms with Crippen molar-refractivity contribution in [3.63, 3.8) is 0 Å². The van der Waals surface area contributed by atoms with E-state index < -0.39 is 5.97 Å². The molecule has 1 aliphatic rings. The SMILES string of the molecule is CC(=O)N(C(C)C)[C@H]1CCCN(CC(=O)O)C1. The van der Waals surface area contributed by atoms with Crippen molar-refractivity contribution in [3.05, 3.63) is 0 Å². The van der Waals surface area contributed by atoms with Crippen molar-refractivity contribution >= 4 is 11.9 Å². The molecule has 1 aliphatic heterocycles. The van der Waals surface area contributed by atoms with E-state index in [1.165, 1.54) is 0 Å². The summed E-state index contributed by atoms with van der Waals surface area (Å²) in [4.78, 5) is 26.1. The molecule has 0 bridgehead atoms. The Morgan fingerprint density at radius 1 is 1.47 bits per heavy atom. The summed E-state index contributed by atoms with van der Waals surface area (Å²) in [7, 11) is 0. The first kappa shape index (κ1) is 14.0. The van der Waals surface area contributed by atoms with Gasteiger partial charge in [0.25, 0.3) is 0 Å². The minimum Gasteiger partial charge on any atom is -0.480 e. The van der Waals surface area contributed by atoms with Gasteiger partial charge in [0, 0.05) is 25.6 Å². The molecule has 0 aromatic carbocycles. The molecule has 0 aromatic heterocycles. The summed E-state index contributed by atoms with van der Waals surface area (Å²) in [5.41, 5.74) is 0. The highest BCUT2D eigenvalue weighted by molar-refractivity contribution is 5.74. The van der Waals surface area contributed by atoms with Crippen LogP contribution in [0.2, 0.25) is 0 Å². The zero-order valence-corrected chi connectivity index (χ0v) is 10.8. The highest BCUT2D eigenvalue weighted by Crippen LogP contribution is 2.18. The standard InChI is InChI=1S/C12H22N2O3/c1-9(2)14(10(3)15)11-5-4-6-13(7-11)8-12(16)17/h9,11H,4-8H2,1-3H3,(H,16,17)/t11-/m0/s1. The third kappa shape index (κ3) is 4.00. The van der Waals surface area contributed by atoms with E-state index in [0.29, 0.717) is 6.54 Å². The number of carboxylic acid groups (broad SMARTS) is 1. The molecule has 1 heterocycles. The number of rotatable bonds is 4. The Balaban J connectivity index is 2.63. The average Bonchev–Trinajstić information content (AvgIpc) is 2.15. The van der Waals surface area contributed by atoms with Crippen LogP contribution in [0.15, 0.2) is 0 Å². The van der Waals surface area contributed by atoms with E-state index in [1.54, 1.807) is 6.92 Å². The second kappa shape index (κ2) is 6.00. The topological polar surface area (TPSA) is 60.9 Å². The molecule has 1 saturated heterocycles. The Hall–Kier alpha value is -1.10. The monoisotopic (exact) mass is 242 g/mol. The van der Waals surface area contributed by atoms with Crippen molar-refractivity contribution in [2.24, 2.45) is 0 Å². The molecular formula is C12H22N2O3. The van der Waals surface area contributed by atoms with Crippen molar-refractivity contribution in [3.8, 4) is 0 Å². The molecule has 5 nitrogen and oxygen atoms in total. The first-order chi connectivity index (χ1) is 7.91. The van der Waals surface area contributed by atoms with Gasteiger partial charge in [0.15, 0.2) is 0 Å². The van der Waals surface area contributed by atoms with Crippen LogP contribution in [-0.2, 0) is 9.59 Å². The maximum atomic E-state index is 11.6. The van der Waals surface area contributed by atoms with E-state index in [0.717, 1.165) is 19.4 Å². The fourth-order valence-corrected chi connectivity index (χ4v) is 2.64. The van der Waals surface area contributed by atoms with E-state index >= 15 is 0 Å². The normalized spacial score (nSPS) is 21.5. The van der Waals surface area contributed by atoms with Crippen LogP contribution < -0.4 is 0 Å². The van der Waals surface area contributed by atoms with Gasteiger partial charge in [0.1, 0.15) is 0 Å². The van der Waals surface area contributed by atoms with Gasteiger partial charge in [-0.1, -0.05) is 0 Å². The van der Waals surface area contributed by atoms with Crippen LogP contribution in [0, 0.1) is 0 Å². The highest BCUT2D eigenvalue weighted by atomic mass is 16.4. The fourth-order valence-electron chi connectivity index (χ4n) is 2.64. The third-order valence-electron chi connectivity index (χ3n) is 3.15. The number of nitrogens with zero attached hydrogens (tertiary/aromatic N) is 2. The maximum absolute atomic E-state index is 11.6. The Morgan fingerprint density at radius 2 is 2.12 bits per heavy atom. The minimum absolute atomic E-state index is 0.0698. The van der Waals surface area contributed by atoms with Crippen LogP contribution in [0.25, 0.3) is 0 Å². The maximum Gasteiger partial charge on any atom is 0.317 e. The van der Waals surface area contributed by atoms with Gasteiger partial charge in [-0.05, 0) is 33.2 Å². The predicted molar refractivity (Wildman–Crippen MR) is 64.8 cm³/mol. The quantitative estimate of drug-likeness (QED) is 0.792. The summed E-state index contributed by atoms with van der Waals surface area (Å²) in [5.74, 6) is -0.730. The molecule has 1 amide bonds. The highest BCUT2D eigenvalue weighted by Gasteiger charge is 2.29. The second-order valence-corrected chi connectivity index (χ2v) is 4.94. The second-order valence-electron chi connectivity index (χ2n) is 4.94. The summed E-state index contributed by atoms with van der Waals surface area (Å²) < 4.78 is 0. The van der Waals surface area contributed by atoms with Crippen LogP contribution >= 0.6 is 0 Å². The van der Waals surface area contributed by atoms with Gasteiger partial charge in [-0.15, -0.1) is 0 Å². The number of hydrogen-bond donors (Lipinski definition) is 1. The molecule has 1 fully saturated rings. The summed E-state index contributed by atoms with van der Waals surface area (Å²) in [6, 6.07) is 0.322.